The van der Waals surface area contributed by atoms with Crippen LogP contribution >= 0.6 is 34.0 Å². The maximum Gasteiger partial charge on any atom is 0.110 e. The van der Waals surface area contributed by atoms with Gasteiger partial charge in [0, 0.05) is 20.9 Å². The second-order valence-corrected chi connectivity index (χ2v) is 15.5. The summed E-state index contributed by atoms with van der Waals surface area (Å²) in [6.07, 6.45) is 18.1. The van der Waals surface area contributed by atoms with Crippen molar-refractivity contribution >= 4 is 45.0 Å². The van der Waals surface area contributed by atoms with Gasteiger partial charge in [-0.05, 0) is 59.7 Å². The Morgan fingerprint density at radius 1 is 0.447 bits per heavy atom. The van der Waals surface area contributed by atoms with Crippen LogP contribution in [0.3, 0.4) is 0 Å². The first-order valence-electron chi connectivity index (χ1n) is 17.9. The van der Waals surface area contributed by atoms with E-state index in [9.17, 15) is 0 Å². The molecule has 0 N–H and O–H groups in total. The Labute approximate surface area is 294 Å². The number of rotatable bonds is 18. The van der Waals surface area contributed by atoms with Gasteiger partial charge < -0.3 is 0 Å². The van der Waals surface area contributed by atoms with E-state index in [2.05, 4.69) is 97.4 Å². The topological polar surface area (TPSA) is 25.8 Å². The highest BCUT2D eigenvalue weighted by Gasteiger charge is 2.25. The summed E-state index contributed by atoms with van der Waals surface area (Å²) in [5, 5.41) is 4.57. The Kier molecular flexibility index (Phi) is 12.5. The summed E-state index contributed by atoms with van der Waals surface area (Å²) in [6, 6.07) is 26.0. The third kappa shape index (κ3) is 8.31. The second kappa shape index (κ2) is 17.3. The number of nitrogens with zero attached hydrogens (tertiary/aromatic N) is 2. The molecule has 0 aliphatic rings. The summed E-state index contributed by atoms with van der Waals surface area (Å²) in [5.74, 6) is 0. The lowest BCUT2D eigenvalue weighted by molar-refractivity contribution is 0.608. The molecular weight excluding hydrogens is 629 g/mol. The van der Waals surface area contributed by atoms with Crippen molar-refractivity contribution in [2.24, 2.45) is 0 Å². The fourth-order valence-electron chi connectivity index (χ4n) is 6.51. The monoisotopic (exact) mass is 676 g/mol. The summed E-state index contributed by atoms with van der Waals surface area (Å²) in [4.78, 5) is 16.5. The van der Waals surface area contributed by atoms with E-state index in [0.717, 1.165) is 46.4 Å². The van der Waals surface area contributed by atoms with Crippen molar-refractivity contribution in [3.05, 3.63) is 94.7 Å². The third-order valence-corrected chi connectivity index (χ3v) is 12.5. The first-order chi connectivity index (χ1) is 23.3. The number of hydrogen-bond donors (Lipinski definition) is 0. The predicted molar refractivity (Wildman–Crippen MR) is 209 cm³/mol. The maximum atomic E-state index is 5.57. The Morgan fingerprint density at radius 2 is 0.851 bits per heavy atom. The third-order valence-electron chi connectivity index (χ3n) is 9.13. The van der Waals surface area contributed by atoms with Crippen LogP contribution in [0.15, 0.2) is 83.6 Å². The minimum absolute atomic E-state index is 0.961. The molecule has 0 aliphatic heterocycles. The van der Waals surface area contributed by atoms with Crippen LogP contribution in [0.4, 0.5) is 0 Å². The molecule has 47 heavy (non-hydrogen) atoms. The summed E-state index contributed by atoms with van der Waals surface area (Å²) < 4.78 is 0. The van der Waals surface area contributed by atoms with Crippen LogP contribution in [0.5, 0.6) is 0 Å². The van der Waals surface area contributed by atoms with Crippen LogP contribution < -0.4 is 0 Å². The summed E-state index contributed by atoms with van der Waals surface area (Å²) in [5.41, 5.74) is 9.17. The van der Waals surface area contributed by atoms with Gasteiger partial charge >= 0.3 is 0 Å². The average molecular weight is 677 g/mol. The fraction of sp³-hybridized carbons (Fsp3) is 0.381. The van der Waals surface area contributed by atoms with E-state index in [1.54, 1.807) is 0 Å². The summed E-state index contributed by atoms with van der Waals surface area (Å²) >= 11 is 5.67. The lowest BCUT2D eigenvalue weighted by Crippen LogP contribution is -1.95. The Hall–Kier alpha value is -3.12. The molecule has 0 saturated heterocycles. The van der Waals surface area contributed by atoms with Crippen LogP contribution in [0, 0.1) is 0 Å². The van der Waals surface area contributed by atoms with E-state index < -0.39 is 0 Å². The second-order valence-electron chi connectivity index (χ2n) is 12.7. The number of unbranched alkanes of at least 4 members (excludes halogenated alkanes) is 10. The van der Waals surface area contributed by atoms with Gasteiger partial charge in [-0.3, -0.25) is 0 Å². The first kappa shape index (κ1) is 33.8. The zero-order chi connectivity index (χ0) is 32.3. The van der Waals surface area contributed by atoms with Crippen molar-refractivity contribution in [2.75, 3.05) is 0 Å². The van der Waals surface area contributed by atoms with Gasteiger partial charge in [-0.25, -0.2) is 9.97 Å². The van der Waals surface area contributed by atoms with Crippen molar-refractivity contribution < 1.29 is 0 Å². The molecule has 0 fully saturated rings. The highest BCUT2D eigenvalue weighted by molar-refractivity contribution is 7.27. The number of aromatic nitrogens is 2. The molecule has 0 unspecified atom stereocenters. The highest BCUT2D eigenvalue weighted by Crippen LogP contribution is 2.49. The van der Waals surface area contributed by atoms with E-state index >= 15 is 0 Å². The Bertz CT molecular complexity index is 1680. The van der Waals surface area contributed by atoms with Crippen LogP contribution in [-0.4, -0.2) is 9.97 Å². The molecule has 0 radical (unpaired) electrons. The maximum absolute atomic E-state index is 5.57. The van der Waals surface area contributed by atoms with Crippen molar-refractivity contribution in [3.63, 3.8) is 0 Å². The summed E-state index contributed by atoms with van der Waals surface area (Å²) in [7, 11) is 0. The van der Waals surface area contributed by atoms with Gasteiger partial charge in [0.15, 0.2) is 0 Å². The molecule has 4 heterocycles. The molecule has 4 aromatic heterocycles. The predicted octanol–water partition coefficient (Wildman–Crippen LogP) is 14.3. The highest BCUT2D eigenvalue weighted by atomic mass is 32.1. The largest absolute Gasteiger partial charge is 0.242 e. The molecular formula is C42H48N2S3. The lowest BCUT2D eigenvalue weighted by atomic mass is 10.0. The van der Waals surface area contributed by atoms with E-state index in [0.29, 0.717) is 0 Å². The molecule has 6 aromatic rings. The van der Waals surface area contributed by atoms with Crippen LogP contribution in [0.1, 0.15) is 102 Å². The minimum Gasteiger partial charge on any atom is -0.242 e. The lowest BCUT2D eigenvalue weighted by Gasteiger charge is -2.11. The number of thiophene rings is 3. The number of aryl methyl sites for hydroxylation is 2. The van der Waals surface area contributed by atoms with Crippen LogP contribution in [0.25, 0.3) is 53.1 Å². The molecule has 244 valence electrons. The molecule has 0 atom stereocenters. The summed E-state index contributed by atoms with van der Waals surface area (Å²) in [6.45, 7) is 4.58. The average Bonchev–Trinajstić information content (AvgIpc) is 3.86. The van der Waals surface area contributed by atoms with Crippen molar-refractivity contribution in [3.8, 4) is 42.0 Å². The molecule has 6 rings (SSSR count). The van der Waals surface area contributed by atoms with Crippen LogP contribution in [0.2, 0.25) is 0 Å². The van der Waals surface area contributed by atoms with E-state index in [1.807, 2.05) is 34.0 Å². The molecule has 2 aromatic carbocycles. The standard InChI is InChI=1S/C42H48N2S3/c1-3-5-7-9-11-15-25-33-27-29-45-39(33)41-37-38(42(47-41)40-34(28-30-46-40)26-16-12-10-8-6-4-2)44-36(32-23-19-14-20-24-32)35(43-37)31-21-17-13-18-22-31/h13-14,17-24,27-30H,3-12,15-16,25-26H2,1-2H3. The SMILES string of the molecule is CCCCCCCCc1ccsc1-c1sc(-c2sccc2CCCCCCCC)c2nc(-c3ccccc3)c(-c3ccccc3)nc12. The van der Waals surface area contributed by atoms with Crippen LogP contribution in [-0.2, 0) is 12.8 Å². The Morgan fingerprint density at radius 3 is 1.28 bits per heavy atom. The number of benzene rings is 2. The number of hydrogen-bond acceptors (Lipinski definition) is 5. The van der Waals surface area contributed by atoms with Gasteiger partial charge in [-0.15, -0.1) is 34.0 Å². The van der Waals surface area contributed by atoms with Crippen molar-refractivity contribution in [1.29, 1.82) is 0 Å². The molecule has 0 bridgehead atoms. The van der Waals surface area contributed by atoms with Gasteiger partial charge in [0.05, 0.1) is 21.1 Å². The quantitative estimate of drug-likeness (QED) is 0.0847. The Balaban J connectivity index is 1.44. The zero-order valence-electron chi connectivity index (χ0n) is 28.1. The van der Waals surface area contributed by atoms with E-state index in [-0.39, 0.29) is 0 Å². The number of fused-ring (bicyclic) bond motifs is 1. The van der Waals surface area contributed by atoms with Gasteiger partial charge in [-0.1, -0.05) is 139 Å². The fourth-order valence-corrected chi connectivity index (χ4v) is 9.96. The smallest absolute Gasteiger partial charge is 0.110 e. The van der Waals surface area contributed by atoms with E-state index in [4.69, 9.17) is 9.97 Å². The first-order valence-corrected chi connectivity index (χ1v) is 20.4. The molecule has 0 saturated carbocycles. The normalized spacial score (nSPS) is 11.5. The van der Waals surface area contributed by atoms with Gasteiger partial charge in [-0.2, -0.15) is 0 Å². The molecule has 2 nitrogen and oxygen atoms in total. The molecule has 5 heteroatoms. The van der Waals surface area contributed by atoms with Crippen molar-refractivity contribution in [1.82, 2.24) is 9.97 Å². The van der Waals surface area contributed by atoms with Gasteiger partial charge in [0.1, 0.15) is 11.0 Å². The zero-order valence-corrected chi connectivity index (χ0v) is 30.6. The molecule has 0 spiro atoms. The van der Waals surface area contributed by atoms with Gasteiger partial charge in [0.25, 0.3) is 0 Å². The molecule has 0 aliphatic carbocycles. The van der Waals surface area contributed by atoms with Crippen molar-refractivity contribution in [2.45, 2.75) is 104 Å². The molecule has 0 amide bonds. The van der Waals surface area contributed by atoms with Gasteiger partial charge in [0.2, 0.25) is 0 Å². The van der Waals surface area contributed by atoms with E-state index in [1.165, 1.54) is 108 Å². The minimum atomic E-state index is 0.961.